The van der Waals surface area contributed by atoms with Crippen LogP contribution in [0.1, 0.15) is 30.5 Å². The molecule has 0 saturated heterocycles. The Morgan fingerprint density at radius 3 is 2.42 bits per heavy atom. The molecule has 1 aromatic heterocycles. The number of anilines is 1. The van der Waals surface area contributed by atoms with Gasteiger partial charge in [-0.3, -0.25) is 9.59 Å². The average molecular weight is 274 g/mol. The van der Waals surface area contributed by atoms with Crippen molar-refractivity contribution in [1.29, 1.82) is 0 Å². The highest BCUT2D eigenvalue weighted by Gasteiger charge is 2.15. The van der Waals surface area contributed by atoms with Crippen molar-refractivity contribution in [3.8, 4) is 0 Å². The molecule has 2 rings (SSSR count). The number of amides is 2. The third-order valence-electron chi connectivity index (χ3n) is 2.73. The van der Waals surface area contributed by atoms with E-state index in [1.54, 1.807) is 35.6 Å². The van der Waals surface area contributed by atoms with Gasteiger partial charge < -0.3 is 11.1 Å². The van der Waals surface area contributed by atoms with E-state index >= 15 is 0 Å². The summed E-state index contributed by atoms with van der Waals surface area (Å²) in [6.07, 6.45) is 0. The number of rotatable bonds is 3. The van der Waals surface area contributed by atoms with Crippen LogP contribution in [0.15, 0.2) is 30.3 Å². The number of nitrogens with two attached hydrogens (primary N) is 1. The zero-order chi connectivity index (χ0) is 14.0. The Morgan fingerprint density at radius 2 is 1.84 bits per heavy atom. The lowest BCUT2D eigenvalue weighted by Crippen LogP contribution is -2.18. The van der Waals surface area contributed by atoms with Crippen LogP contribution in [0.4, 0.5) is 5.69 Å². The topological polar surface area (TPSA) is 72.2 Å². The number of thiophene rings is 1. The zero-order valence-corrected chi connectivity index (χ0v) is 11.5. The molecule has 0 fully saturated rings. The predicted molar refractivity (Wildman–Crippen MR) is 76.7 cm³/mol. The van der Waals surface area contributed by atoms with Crippen LogP contribution in [0.2, 0.25) is 0 Å². The summed E-state index contributed by atoms with van der Waals surface area (Å²) in [6.45, 7) is 3.85. The van der Waals surface area contributed by atoms with Gasteiger partial charge in [-0.05, 0) is 32.0 Å². The molecular formula is C14H14N2O2S. The van der Waals surface area contributed by atoms with Gasteiger partial charge in [0.1, 0.15) is 0 Å². The van der Waals surface area contributed by atoms with Crippen molar-refractivity contribution >= 4 is 28.8 Å². The molecule has 0 aliphatic rings. The zero-order valence-electron chi connectivity index (χ0n) is 10.7. The fraction of sp³-hybridized carbons (Fsp3) is 0.143. The number of primary amides is 1. The number of carbonyl (C=O) groups is 2. The van der Waals surface area contributed by atoms with Crippen LogP contribution < -0.4 is 11.1 Å². The van der Waals surface area contributed by atoms with Crippen molar-refractivity contribution in [3.05, 3.63) is 51.2 Å². The third kappa shape index (κ3) is 2.82. The first kappa shape index (κ1) is 13.3. The highest BCUT2D eigenvalue weighted by Crippen LogP contribution is 2.22. The van der Waals surface area contributed by atoms with Gasteiger partial charge in [0.25, 0.3) is 11.8 Å². The Bertz CT molecular complexity index is 647. The van der Waals surface area contributed by atoms with Crippen molar-refractivity contribution in [3.63, 3.8) is 0 Å². The lowest BCUT2D eigenvalue weighted by atomic mass is 10.1. The molecule has 4 nitrogen and oxygen atoms in total. The number of aryl methyl sites for hydroxylation is 2. The molecular weight excluding hydrogens is 260 g/mol. The monoisotopic (exact) mass is 274 g/mol. The van der Waals surface area contributed by atoms with E-state index < -0.39 is 5.91 Å². The Morgan fingerprint density at radius 1 is 1.16 bits per heavy atom. The minimum absolute atomic E-state index is 0.226. The van der Waals surface area contributed by atoms with Crippen LogP contribution in [-0.2, 0) is 0 Å². The number of nitrogens with one attached hydrogen (secondary N) is 1. The molecule has 0 aliphatic heterocycles. The number of para-hydroxylation sites is 1. The molecule has 0 radical (unpaired) electrons. The molecule has 0 atom stereocenters. The standard InChI is InChI=1S/C14H14N2O2S/c1-8-7-11(9(2)19-8)14(18)16-12-6-4-3-5-10(12)13(15)17/h3-7H,1-2H3,(H2,15,17)(H,16,18). The average Bonchev–Trinajstić information content (AvgIpc) is 2.69. The van der Waals surface area contributed by atoms with Crippen molar-refractivity contribution < 1.29 is 9.59 Å². The van der Waals surface area contributed by atoms with E-state index in [1.165, 1.54) is 0 Å². The smallest absolute Gasteiger partial charge is 0.256 e. The summed E-state index contributed by atoms with van der Waals surface area (Å²) in [5.41, 5.74) is 6.64. The first-order chi connectivity index (χ1) is 8.99. The summed E-state index contributed by atoms with van der Waals surface area (Å²) in [4.78, 5) is 25.5. The molecule has 3 N–H and O–H groups in total. The molecule has 0 bridgehead atoms. The fourth-order valence-corrected chi connectivity index (χ4v) is 2.77. The van der Waals surface area contributed by atoms with E-state index in [4.69, 9.17) is 5.73 Å². The van der Waals surface area contributed by atoms with E-state index in [-0.39, 0.29) is 5.91 Å². The molecule has 0 unspecified atom stereocenters. The summed E-state index contributed by atoms with van der Waals surface area (Å²) >= 11 is 1.57. The quantitative estimate of drug-likeness (QED) is 0.903. The Hall–Kier alpha value is -2.14. The lowest BCUT2D eigenvalue weighted by Gasteiger charge is -2.08. The summed E-state index contributed by atoms with van der Waals surface area (Å²) in [6, 6.07) is 8.53. The number of benzene rings is 1. The highest BCUT2D eigenvalue weighted by atomic mass is 32.1. The molecule has 1 aromatic carbocycles. The first-order valence-corrected chi connectivity index (χ1v) is 6.58. The maximum absolute atomic E-state index is 12.2. The minimum Gasteiger partial charge on any atom is -0.366 e. The van der Waals surface area contributed by atoms with Crippen LogP contribution >= 0.6 is 11.3 Å². The maximum Gasteiger partial charge on any atom is 0.256 e. The van der Waals surface area contributed by atoms with Crippen molar-refractivity contribution in [2.24, 2.45) is 5.73 Å². The Kier molecular flexibility index (Phi) is 3.66. The second-order valence-electron chi connectivity index (χ2n) is 4.19. The van der Waals surface area contributed by atoms with Crippen molar-refractivity contribution in [2.45, 2.75) is 13.8 Å². The molecule has 2 aromatic rings. The second-order valence-corrected chi connectivity index (χ2v) is 5.65. The molecule has 5 heteroatoms. The molecule has 1 heterocycles. The Labute approximate surface area is 115 Å². The van der Waals surface area contributed by atoms with Gasteiger partial charge in [-0.15, -0.1) is 11.3 Å². The maximum atomic E-state index is 12.2. The SMILES string of the molecule is Cc1cc(C(=O)Nc2ccccc2C(N)=O)c(C)s1. The van der Waals surface area contributed by atoms with Gasteiger partial charge in [0.2, 0.25) is 0 Å². The fourth-order valence-electron chi connectivity index (χ4n) is 1.85. The lowest BCUT2D eigenvalue weighted by molar-refractivity contribution is 0.100. The van der Waals surface area contributed by atoms with Gasteiger partial charge in [-0.1, -0.05) is 12.1 Å². The summed E-state index contributed by atoms with van der Waals surface area (Å²) < 4.78 is 0. The minimum atomic E-state index is -0.561. The van der Waals surface area contributed by atoms with E-state index in [0.717, 1.165) is 9.75 Å². The van der Waals surface area contributed by atoms with E-state index in [1.807, 2.05) is 19.9 Å². The largest absolute Gasteiger partial charge is 0.366 e. The molecule has 0 saturated carbocycles. The van der Waals surface area contributed by atoms with Gasteiger partial charge in [0.15, 0.2) is 0 Å². The number of hydrogen-bond donors (Lipinski definition) is 2. The summed E-state index contributed by atoms with van der Waals surface area (Å²) in [5, 5.41) is 2.73. The Balaban J connectivity index is 2.29. The van der Waals surface area contributed by atoms with Gasteiger partial charge in [-0.25, -0.2) is 0 Å². The summed E-state index contributed by atoms with van der Waals surface area (Å²) in [7, 11) is 0. The van der Waals surface area contributed by atoms with Crippen molar-refractivity contribution in [2.75, 3.05) is 5.32 Å². The number of hydrogen-bond acceptors (Lipinski definition) is 3. The van der Waals surface area contributed by atoms with Gasteiger partial charge in [0.05, 0.1) is 16.8 Å². The van der Waals surface area contributed by atoms with Crippen LogP contribution in [-0.4, -0.2) is 11.8 Å². The number of carbonyl (C=O) groups excluding carboxylic acids is 2. The normalized spacial score (nSPS) is 10.2. The molecule has 2 amide bonds. The predicted octanol–water partition coefficient (Wildman–Crippen LogP) is 2.72. The van der Waals surface area contributed by atoms with E-state index in [9.17, 15) is 9.59 Å². The van der Waals surface area contributed by atoms with Crippen LogP contribution in [0.25, 0.3) is 0 Å². The van der Waals surface area contributed by atoms with Gasteiger partial charge in [0, 0.05) is 9.75 Å². The van der Waals surface area contributed by atoms with E-state index in [2.05, 4.69) is 5.32 Å². The molecule has 98 valence electrons. The first-order valence-electron chi connectivity index (χ1n) is 5.76. The van der Waals surface area contributed by atoms with Gasteiger partial charge in [-0.2, -0.15) is 0 Å². The molecule has 0 aliphatic carbocycles. The summed E-state index contributed by atoms with van der Waals surface area (Å²) in [5.74, 6) is -0.787. The van der Waals surface area contributed by atoms with Gasteiger partial charge >= 0.3 is 0 Å². The molecule has 0 spiro atoms. The third-order valence-corrected chi connectivity index (χ3v) is 3.69. The second kappa shape index (κ2) is 5.24. The van der Waals surface area contributed by atoms with Crippen LogP contribution in [0, 0.1) is 13.8 Å². The van der Waals surface area contributed by atoms with E-state index in [0.29, 0.717) is 16.8 Å². The molecule has 19 heavy (non-hydrogen) atoms. The highest BCUT2D eigenvalue weighted by molar-refractivity contribution is 7.12. The van der Waals surface area contributed by atoms with Crippen LogP contribution in [0.3, 0.4) is 0 Å². The van der Waals surface area contributed by atoms with Crippen molar-refractivity contribution in [1.82, 2.24) is 0 Å². The van der Waals surface area contributed by atoms with Crippen LogP contribution in [0.5, 0.6) is 0 Å².